The number of nitrogens with two attached hydrogens (primary N) is 1. The Hall–Kier alpha value is -1.47. The number of carbonyl (C=O) groups excluding carboxylic acids is 1. The molecule has 1 aliphatic heterocycles. The first kappa shape index (κ1) is 16.9. The van der Waals surface area contributed by atoms with E-state index in [-0.39, 0.29) is 12.5 Å². The van der Waals surface area contributed by atoms with E-state index < -0.39 is 6.04 Å². The van der Waals surface area contributed by atoms with Crippen molar-refractivity contribution >= 4 is 5.91 Å². The molecule has 0 radical (unpaired) electrons. The maximum atomic E-state index is 11.9. The average molecular weight is 307 g/mol. The van der Waals surface area contributed by atoms with Gasteiger partial charge in [-0.15, -0.1) is 0 Å². The summed E-state index contributed by atoms with van der Waals surface area (Å²) >= 11 is 0. The van der Waals surface area contributed by atoms with E-state index in [4.69, 9.17) is 15.2 Å². The van der Waals surface area contributed by atoms with Crippen LogP contribution < -0.4 is 11.1 Å². The zero-order valence-corrected chi connectivity index (χ0v) is 13.1. The van der Waals surface area contributed by atoms with Gasteiger partial charge in [-0.2, -0.15) is 0 Å². The molecule has 6 heteroatoms. The summed E-state index contributed by atoms with van der Waals surface area (Å²) in [4.78, 5) is 14.2. The molecule has 1 unspecified atom stereocenters. The number of nitrogens with one attached hydrogen (secondary N) is 1. The van der Waals surface area contributed by atoms with Gasteiger partial charge in [0.25, 0.3) is 0 Å². The lowest BCUT2D eigenvalue weighted by atomic mass is 10.1. The first-order valence-corrected chi connectivity index (χ1v) is 7.60. The monoisotopic (exact) mass is 307 g/mol. The summed E-state index contributed by atoms with van der Waals surface area (Å²) in [6.07, 6.45) is 0. The van der Waals surface area contributed by atoms with Gasteiger partial charge in [0.1, 0.15) is 6.04 Å². The average Bonchev–Trinajstić information content (AvgIpc) is 2.55. The largest absolute Gasteiger partial charge is 0.383 e. The highest BCUT2D eigenvalue weighted by Gasteiger charge is 2.15. The van der Waals surface area contributed by atoms with Gasteiger partial charge < -0.3 is 20.5 Å². The first-order chi connectivity index (χ1) is 10.7. The van der Waals surface area contributed by atoms with Crippen LogP contribution in [-0.4, -0.2) is 56.9 Å². The van der Waals surface area contributed by atoms with Gasteiger partial charge in [0.2, 0.25) is 5.91 Å². The molecule has 1 heterocycles. The van der Waals surface area contributed by atoms with E-state index in [9.17, 15) is 4.79 Å². The van der Waals surface area contributed by atoms with Crippen LogP contribution in [0.15, 0.2) is 24.3 Å². The lowest BCUT2D eigenvalue weighted by Gasteiger charge is -2.27. The van der Waals surface area contributed by atoms with Gasteiger partial charge in [0.15, 0.2) is 0 Å². The van der Waals surface area contributed by atoms with E-state index in [1.54, 1.807) is 0 Å². The van der Waals surface area contributed by atoms with E-state index in [1.807, 2.05) is 18.2 Å². The van der Waals surface area contributed by atoms with Crippen molar-refractivity contribution in [1.82, 2.24) is 10.2 Å². The lowest BCUT2D eigenvalue weighted by molar-refractivity contribution is -0.123. The van der Waals surface area contributed by atoms with Crippen molar-refractivity contribution in [2.45, 2.75) is 19.1 Å². The molecule has 0 aliphatic carbocycles. The molecule has 1 amide bonds. The number of ether oxygens (including phenoxy) is 2. The third-order valence-corrected chi connectivity index (χ3v) is 3.75. The zero-order chi connectivity index (χ0) is 15.8. The molecule has 22 heavy (non-hydrogen) atoms. The summed E-state index contributed by atoms with van der Waals surface area (Å²) in [6.45, 7) is 5.03. The van der Waals surface area contributed by atoms with Crippen molar-refractivity contribution in [3.8, 4) is 0 Å². The topological polar surface area (TPSA) is 76.8 Å². The SMILES string of the molecule is COCC(N)C(=O)NCc1ccccc1CN1CCOCC1. The van der Waals surface area contributed by atoms with Crippen molar-refractivity contribution in [1.29, 1.82) is 0 Å². The second-order valence-corrected chi connectivity index (χ2v) is 5.44. The van der Waals surface area contributed by atoms with Crippen molar-refractivity contribution < 1.29 is 14.3 Å². The molecule has 3 N–H and O–H groups in total. The highest BCUT2D eigenvalue weighted by atomic mass is 16.5. The number of methoxy groups -OCH3 is 1. The number of nitrogens with zero attached hydrogens (tertiary/aromatic N) is 1. The van der Waals surface area contributed by atoms with Crippen LogP contribution >= 0.6 is 0 Å². The van der Waals surface area contributed by atoms with Gasteiger partial charge in [0, 0.05) is 33.3 Å². The Labute approximate surface area is 131 Å². The van der Waals surface area contributed by atoms with Gasteiger partial charge in [-0.3, -0.25) is 9.69 Å². The minimum absolute atomic E-state index is 0.192. The second kappa shape index (κ2) is 8.85. The van der Waals surface area contributed by atoms with Crippen LogP contribution in [-0.2, 0) is 27.4 Å². The van der Waals surface area contributed by atoms with E-state index >= 15 is 0 Å². The van der Waals surface area contributed by atoms with Crippen molar-refractivity contribution in [3.63, 3.8) is 0 Å². The summed E-state index contributed by atoms with van der Waals surface area (Å²) in [7, 11) is 1.53. The summed E-state index contributed by atoms with van der Waals surface area (Å²) < 4.78 is 10.3. The number of amides is 1. The second-order valence-electron chi connectivity index (χ2n) is 5.44. The number of morpholine rings is 1. The normalized spacial score (nSPS) is 17.2. The van der Waals surface area contributed by atoms with E-state index in [0.29, 0.717) is 6.54 Å². The Kier molecular flexibility index (Phi) is 6.79. The molecule has 6 nitrogen and oxygen atoms in total. The third-order valence-electron chi connectivity index (χ3n) is 3.75. The van der Waals surface area contributed by atoms with Crippen LogP contribution in [0.1, 0.15) is 11.1 Å². The molecule has 1 aromatic rings. The first-order valence-electron chi connectivity index (χ1n) is 7.60. The minimum atomic E-state index is -0.628. The molecule has 1 aromatic carbocycles. The lowest BCUT2D eigenvalue weighted by Crippen LogP contribution is -2.43. The van der Waals surface area contributed by atoms with Gasteiger partial charge in [-0.1, -0.05) is 24.3 Å². The summed E-state index contributed by atoms with van der Waals surface area (Å²) in [5, 5.41) is 2.87. The third kappa shape index (κ3) is 5.06. The fraction of sp³-hybridized carbons (Fsp3) is 0.562. The van der Waals surface area contributed by atoms with Crippen molar-refractivity contribution in [2.75, 3.05) is 40.0 Å². The Morgan fingerprint density at radius 1 is 1.36 bits per heavy atom. The van der Waals surface area contributed by atoms with Crippen LogP contribution in [0.4, 0.5) is 0 Å². The minimum Gasteiger partial charge on any atom is -0.383 e. The van der Waals surface area contributed by atoms with Crippen molar-refractivity contribution in [2.24, 2.45) is 5.73 Å². The molecule has 1 saturated heterocycles. The molecule has 1 atom stereocenters. The van der Waals surface area contributed by atoms with Gasteiger partial charge in [-0.05, 0) is 11.1 Å². The maximum absolute atomic E-state index is 11.9. The molecule has 2 rings (SSSR count). The highest BCUT2D eigenvalue weighted by Crippen LogP contribution is 2.13. The van der Waals surface area contributed by atoms with Gasteiger partial charge in [-0.25, -0.2) is 0 Å². The molecule has 0 spiro atoms. The van der Waals surface area contributed by atoms with Crippen LogP contribution in [0.3, 0.4) is 0 Å². The number of hydrogen-bond acceptors (Lipinski definition) is 5. The van der Waals surface area contributed by atoms with Crippen LogP contribution in [0.25, 0.3) is 0 Å². The smallest absolute Gasteiger partial charge is 0.239 e. The predicted octanol–water partition coefficient (Wildman–Crippen LogP) is 0.109. The standard InChI is InChI=1S/C16H25N3O3/c1-21-12-15(17)16(20)18-10-13-4-2-3-5-14(13)11-19-6-8-22-9-7-19/h2-5,15H,6-12,17H2,1H3,(H,18,20). The summed E-state index contributed by atoms with van der Waals surface area (Å²) in [6, 6.07) is 7.53. The molecular formula is C16H25N3O3. The Bertz CT molecular complexity index is 475. The van der Waals surface area contributed by atoms with E-state index in [0.717, 1.165) is 38.4 Å². The number of rotatable bonds is 7. The fourth-order valence-corrected chi connectivity index (χ4v) is 2.45. The highest BCUT2D eigenvalue weighted by molar-refractivity contribution is 5.81. The molecule has 122 valence electrons. The van der Waals surface area contributed by atoms with E-state index in [2.05, 4.69) is 16.3 Å². The molecule has 1 aliphatic rings. The fourth-order valence-electron chi connectivity index (χ4n) is 2.45. The van der Waals surface area contributed by atoms with Crippen LogP contribution in [0, 0.1) is 0 Å². The van der Waals surface area contributed by atoms with E-state index in [1.165, 1.54) is 12.7 Å². The zero-order valence-electron chi connectivity index (χ0n) is 13.1. The molecule has 0 saturated carbocycles. The Morgan fingerprint density at radius 3 is 2.73 bits per heavy atom. The predicted molar refractivity (Wildman–Crippen MR) is 84.2 cm³/mol. The number of hydrogen-bond donors (Lipinski definition) is 2. The van der Waals surface area contributed by atoms with Gasteiger partial charge >= 0.3 is 0 Å². The Balaban J connectivity index is 1.91. The maximum Gasteiger partial charge on any atom is 0.239 e. The molecule has 0 aromatic heterocycles. The molecular weight excluding hydrogens is 282 g/mol. The van der Waals surface area contributed by atoms with Crippen LogP contribution in [0.5, 0.6) is 0 Å². The number of carbonyl (C=O) groups is 1. The molecule has 1 fully saturated rings. The Morgan fingerprint density at radius 2 is 2.05 bits per heavy atom. The quantitative estimate of drug-likeness (QED) is 0.748. The van der Waals surface area contributed by atoms with Crippen molar-refractivity contribution in [3.05, 3.63) is 35.4 Å². The van der Waals surface area contributed by atoms with Crippen LogP contribution in [0.2, 0.25) is 0 Å². The number of benzene rings is 1. The summed E-state index contributed by atoms with van der Waals surface area (Å²) in [5.74, 6) is -0.192. The summed E-state index contributed by atoms with van der Waals surface area (Å²) in [5.41, 5.74) is 8.06. The molecule has 0 bridgehead atoms. The van der Waals surface area contributed by atoms with Gasteiger partial charge in [0.05, 0.1) is 19.8 Å².